The van der Waals surface area contributed by atoms with E-state index in [1.807, 2.05) is 24.4 Å². The van der Waals surface area contributed by atoms with Crippen molar-refractivity contribution >= 4 is 29.4 Å². The lowest BCUT2D eigenvalue weighted by Gasteiger charge is -2.35. The van der Waals surface area contributed by atoms with Gasteiger partial charge in [-0.3, -0.25) is 9.79 Å². The van der Waals surface area contributed by atoms with Crippen LogP contribution < -0.4 is 0 Å². The van der Waals surface area contributed by atoms with Gasteiger partial charge in [-0.2, -0.15) is 0 Å². The van der Waals surface area contributed by atoms with Crippen molar-refractivity contribution in [3.63, 3.8) is 0 Å². The van der Waals surface area contributed by atoms with E-state index in [1.54, 1.807) is 11.8 Å². The lowest BCUT2D eigenvalue weighted by Crippen LogP contribution is -2.41. The molecule has 2 nitrogen and oxygen atoms in total. The Morgan fingerprint density at radius 1 is 1.17 bits per heavy atom. The molecule has 0 amide bonds. The number of carbonyl (C=O) groups excluding carboxylic acids is 1. The largest absolute Gasteiger partial charge is 0.298 e. The number of ketones is 1. The number of rotatable bonds is 2. The number of thioether (sulfide) groups is 1. The normalized spacial score (nSPS) is 25.8. The predicted molar refractivity (Wildman–Crippen MR) is 96.1 cm³/mol. The number of benzene rings is 2. The highest BCUT2D eigenvalue weighted by atomic mass is 32.2. The maximum absolute atomic E-state index is 12.8. The second kappa shape index (κ2) is 5.64. The zero-order valence-corrected chi connectivity index (χ0v) is 14.0. The molecule has 4 rings (SSSR count). The molecule has 1 aliphatic carbocycles. The van der Waals surface area contributed by atoms with Crippen LogP contribution in [0.5, 0.6) is 0 Å². The number of aliphatic imine (C=N–C) groups is 1. The number of Topliss-reactive ketones (excluding diaryl/α,β-unsaturated/α-hetero) is 1. The van der Waals surface area contributed by atoms with Gasteiger partial charge >= 0.3 is 0 Å². The number of nitrogens with zero attached hydrogens (tertiary/aromatic N) is 1. The van der Waals surface area contributed by atoms with Crippen LogP contribution in [0.1, 0.15) is 36.3 Å². The molecule has 1 fully saturated rings. The Bertz CT molecular complexity index is 798. The van der Waals surface area contributed by atoms with E-state index in [-0.39, 0.29) is 0 Å². The van der Waals surface area contributed by atoms with E-state index in [0.717, 1.165) is 24.1 Å². The summed E-state index contributed by atoms with van der Waals surface area (Å²) in [5.41, 5.74) is 2.89. The third kappa shape index (κ3) is 2.34. The summed E-state index contributed by atoms with van der Waals surface area (Å²) >= 11 is 1.77. The van der Waals surface area contributed by atoms with E-state index >= 15 is 0 Å². The first-order valence-electron chi connectivity index (χ1n) is 8.05. The summed E-state index contributed by atoms with van der Waals surface area (Å²) in [5, 5.41) is 0. The third-order valence-electron chi connectivity index (χ3n) is 5.16. The molecule has 0 N–H and O–H groups in total. The fraction of sp³-hybridized carbons (Fsp3) is 0.300. The van der Waals surface area contributed by atoms with Crippen LogP contribution in [-0.2, 0) is 10.2 Å². The summed E-state index contributed by atoms with van der Waals surface area (Å²) in [4.78, 5) is 18.6. The fourth-order valence-corrected chi connectivity index (χ4v) is 4.38. The summed E-state index contributed by atoms with van der Waals surface area (Å²) in [7, 11) is 0. The maximum atomic E-state index is 12.8. The Morgan fingerprint density at radius 2 is 2.04 bits per heavy atom. The Hall–Kier alpha value is -1.87. The third-order valence-corrected chi connectivity index (χ3v) is 5.89. The SMILES string of the molecule is CSc1cccc(C2CCC(=O)C3(C=Nc4ccccc43)C2)c1. The summed E-state index contributed by atoms with van der Waals surface area (Å²) in [5.74, 6) is 0.737. The van der Waals surface area contributed by atoms with Crippen molar-refractivity contribution in [3.05, 3.63) is 59.7 Å². The van der Waals surface area contributed by atoms with Crippen LogP contribution in [0.2, 0.25) is 0 Å². The fourth-order valence-electron chi connectivity index (χ4n) is 3.91. The Kier molecular flexibility index (Phi) is 3.61. The first-order chi connectivity index (χ1) is 11.2. The molecule has 2 atom stereocenters. The first-order valence-corrected chi connectivity index (χ1v) is 9.27. The monoisotopic (exact) mass is 321 g/mol. The van der Waals surface area contributed by atoms with Crippen LogP contribution in [0.4, 0.5) is 5.69 Å². The average Bonchev–Trinajstić information content (AvgIpc) is 2.97. The highest BCUT2D eigenvalue weighted by Crippen LogP contribution is 2.48. The average molecular weight is 321 g/mol. The molecule has 1 saturated carbocycles. The summed E-state index contributed by atoms with van der Waals surface area (Å²) in [6.45, 7) is 0. The van der Waals surface area contributed by atoms with Crippen molar-refractivity contribution in [3.8, 4) is 0 Å². The second-order valence-corrected chi connectivity index (χ2v) is 7.27. The molecule has 1 heterocycles. The van der Waals surface area contributed by atoms with Gasteiger partial charge in [0.2, 0.25) is 0 Å². The van der Waals surface area contributed by atoms with Gasteiger partial charge in [0.05, 0.1) is 11.1 Å². The van der Waals surface area contributed by atoms with Gasteiger partial charge < -0.3 is 0 Å². The standard InChI is InChI=1S/C20H19NOS/c1-23-16-6-4-5-14(11-16)15-9-10-19(22)20(12-15)13-21-18-8-3-2-7-17(18)20/h2-8,11,13,15H,9-10,12H2,1H3. The van der Waals surface area contributed by atoms with E-state index in [4.69, 9.17) is 0 Å². The van der Waals surface area contributed by atoms with Gasteiger partial charge in [0.15, 0.2) is 0 Å². The zero-order chi connectivity index (χ0) is 15.9. The smallest absolute Gasteiger partial charge is 0.148 e. The van der Waals surface area contributed by atoms with Crippen molar-refractivity contribution in [1.82, 2.24) is 0 Å². The van der Waals surface area contributed by atoms with E-state index in [9.17, 15) is 4.79 Å². The first kappa shape index (κ1) is 14.7. The number of fused-ring (bicyclic) bond motifs is 2. The maximum Gasteiger partial charge on any atom is 0.148 e. The molecule has 0 radical (unpaired) electrons. The second-order valence-electron chi connectivity index (χ2n) is 6.39. The molecule has 1 aliphatic heterocycles. The lowest BCUT2D eigenvalue weighted by atomic mass is 9.65. The summed E-state index contributed by atoms with van der Waals surface area (Å²) < 4.78 is 0. The van der Waals surface area contributed by atoms with Crippen LogP contribution in [-0.4, -0.2) is 18.3 Å². The minimum atomic E-state index is -0.505. The van der Waals surface area contributed by atoms with Crippen LogP contribution in [0.3, 0.4) is 0 Å². The Morgan fingerprint density at radius 3 is 2.91 bits per heavy atom. The van der Waals surface area contributed by atoms with Crippen molar-refractivity contribution in [2.45, 2.75) is 35.5 Å². The van der Waals surface area contributed by atoms with Crippen molar-refractivity contribution in [1.29, 1.82) is 0 Å². The molecule has 2 unspecified atom stereocenters. The Balaban J connectivity index is 1.72. The molecule has 2 aliphatic rings. The molecular weight excluding hydrogens is 302 g/mol. The molecule has 116 valence electrons. The van der Waals surface area contributed by atoms with Gasteiger partial charge in [-0.25, -0.2) is 0 Å². The van der Waals surface area contributed by atoms with E-state index in [1.165, 1.54) is 10.5 Å². The minimum absolute atomic E-state index is 0.323. The van der Waals surface area contributed by atoms with Gasteiger partial charge in [-0.1, -0.05) is 30.3 Å². The lowest BCUT2D eigenvalue weighted by molar-refractivity contribution is -0.124. The molecule has 3 heteroatoms. The molecule has 1 spiro atoms. The minimum Gasteiger partial charge on any atom is -0.298 e. The highest BCUT2D eigenvalue weighted by Gasteiger charge is 2.47. The van der Waals surface area contributed by atoms with Gasteiger partial charge in [0, 0.05) is 17.5 Å². The van der Waals surface area contributed by atoms with Crippen molar-refractivity contribution < 1.29 is 4.79 Å². The van der Waals surface area contributed by atoms with E-state index in [0.29, 0.717) is 18.1 Å². The molecular formula is C20H19NOS. The molecule has 0 bridgehead atoms. The van der Waals surface area contributed by atoms with Crippen LogP contribution in [0.15, 0.2) is 58.4 Å². The van der Waals surface area contributed by atoms with Gasteiger partial charge in [-0.15, -0.1) is 11.8 Å². The number of carbonyl (C=O) groups is 1. The van der Waals surface area contributed by atoms with Gasteiger partial charge in [0.25, 0.3) is 0 Å². The molecule has 2 aromatic rings. The van der Waals surface area contributed by atoms with Crippen LogP contribution in [0.25, 0.3) is 0 Å². The molecule has 2 aromatic carbocycles. The quantitative estimate of drug-likeness (QED) is 0.736. The summed E-state index contributed by atoms with van der Waals surface area (Å²) in [6.07, 6.45) is 6.42. The van der Waals surface area contributed by atoms with Crippen LogP contribution >= 0.6 is 11.8 Å². The summed E-state index contributed by atoms with van der Waals surface area (Å²) in [6, 6.07) is 16.8. The number of para-hydroxylation sites is 1. The van der Waals surface area contributed by atoms with E-state index in [2.05, 4.69) is 41.6 Å². The van der Waals surface area contributed by atoms with Crippen molar-refractivity contribution in [2.75, 3.05) is 6.26 Å². The van der Waals surface area contributed by atoms with Gasteiger partial charge in [-0.05, 0) is 54.3 Å². The van der Waals surface area contributed by atoms with Crippen LogP contribution in [0, 0.1) is 0 Å². The molecule has 0 saturated heterocycles. The number of hydrogen-bond donors (Lipinski definition) is 0. The molecule has 0 aromatic heterocycles. The van der Waals surface area contributed by atoms with Crippen molar-refractivity contribution in [2.24, 2.45) is 4.99 Å². The Labute approximate surface area is 141 Å². The van der Waals surface area contributed by atoms with E-state index < -0.39 is 5.41 Å². The topological polar surface area (TPSA) is 29.4 Å². The highest BCUT2D eigenvalue weighted by molar-refractivity contribution is 7.98. The number of hydrogen-bond acceptors (Lipinski definition) is 3. The predicted octanol–water partition coefficient (Wildman–Crippen LogP) is 4.90. The van der Waals surface area contributed by atoms with Gasteiger partial charge in [0.1, 0.15) is 5.78 Å². The molecule has 23 heavy (non-hydrogen) atoms. The zero-order valence-electron chi connectivity index (χ0n) is 13.2.